The summed E-state index contributed by atoms with van der Waals surface area (Å²) >= 11 is 0. The lowest BCUT2D eigenvalue weighted by molar-refractivity contribution is 0.228. The second-order valence-corrected chi connectivity index (χ2v) is 6.27. The molecule has 0 heterocycles. The minimum atomic E-state index is -0.0197. The molecule has 1 fully saturated rings. The summed E-state index contributed by atoms with van der Waals surface area (Å²) in [5.74, 6) is 0. The molecule has 1 saturated carbocycles. The normalized spacial score (nSPS) is 17.3. The largest absolute Gasteiger partial charge is 0.335 e. The fraction of sp³-hybridized carbons (Fsp3) is 0.611. The molecule has 2 N–H and O–H groups in total. The number of rotatable bonds is 4. The summed E-state index contributed by atoms with van der Waals surface area (Å²) in [6.45, 7) is 6.33. The first kappa shape index (κ1) is 15.9. The van der Waals surface area contributed by atoms with Gasteiger partial charge in [-0.25, -0.2) is 4.79 Å². The molecule has 21 heavy (non-hydrogen) atoms. The highest BCUT2D eigenvalue weighted by Crippen LogP contribution is 2.22. The Morgan fingerprint density at radius 1 is 1.24 bits per heavy atom. The molecule has 1 aliphatic rings. The van der Waals surface area contributed by atoms with Gasteiger partial charge in [0.15, 0.2) is 0 Å². The van der Waals surface area contributed by atoms with E-state index in [-0.39, 0.29) is 12.1 Å². The van der Waals surface area contributed by atoms with Crippen molar-refractivity contribution < 1.29 is 4.79 Å². The lowest BCUT2D eigenvalue weighted by Crippen LogP contribution is -2.44. The summed E-state index contributed by atoms with van der Waals surface area (Å²) in [6, 6.07) is 6.86. The van der Waals surface area contributed by atoms with Crippen LogP contribution in [-0.4, -0.2) is 12.1 Å². The predicted molar refractivity (Wildman–Crippen MR) is 87.5 cm³/mol. The van der Waals surface area contributed by atoms with E-state index in [1.54, 1.807) is 0 Å². The van der Waals surface area contributed by atoms with Crippen LogP contribution in [0.5, 0.6) is 0 Å². The van der Waals surface area contributed by atoms with Crippen molar-refractivity contribution in [1.82, 2.24) is 10.6 Å². The molecule has 2 amide bonds. The number of aryl methyl sites for hydroxylation is 2. The lowest BCUT2D eigenvalue weighted by Gasteiger charge is -2.25. The number of carbonyl (C=O) groups excluding carboxylic acids is 1. The van der Waals surface area contributed by atoms with E-state index in [1.807, 2.05) is 0 Å². The van der Waals surface area contributed by atoms with Crippen molar-refractivity contribution in [2.45, 2.75) is 71.4 Å². The van der Waals surface area contributed by atoms with Gasteiger partial charge in [0, 0.05) is 6.04 Å². The van der Waals surface area contributed by atoms with Gasteiger partial charge in [-0.3, -0.25) is 0 Å². The maximum absolute atomic E-state index is 12.2. The zero-order valence-electron chi connectivity index (χ0n) is 13.5. The Bertz CT molecular complexity index is 478. The molecule has 0 radical (unpaired) electrons. The molecular weight excluding hydrogens is 260 g/mol. The van der Waals surface area contributed by atoms with E-state index in [1.165, 1.54) is 36.0 Å². The number of nitrogens with one attached hydrogen (secondary N) is 2. The molecule has 3 heteroatoms. The van der Waals surface area contributed by atoms with Gasteiger partial charge >= 0.3 is 6.03 Å². The number of hydrogen-bond acceptors (Lipinski definition) is 1. The molecule has 1 unspecified atom stereocenters. The highest BCUT2D eigenvalue weighted by atomic mass is 16.2. The Kier molecular flexibility index (Phi) is 5.66. The number of hydrogen-bond donors (Lipinski definition) is 2. The zero-order chi connectivity index (χ0) is 15.2. The fourth-order valence-electron chi connectivity index (χ4n) is 3.25. The number of urea groups is 1. The van der Waals surface area contributed by atoms with Gasteiger partial charge in [-0.05, 0) is 44.2 Å². The first-order chi connectivity index (χ1) is 10.1. The van der Waals surface area contributed by atoms with Gasteiger partial charge in [0.1, 0.15) is 0 Å². The molecule has 1 aliphatic carbocycles. The molecular formula is C18H28N2O. The molecule has 0 aromatic heterocycles. The Morgan fingerprint density at radius 2 is 1.95 bits per heavy atom. The van der Waals surface area contributed by atoms with Crippen LogP contribution >= 0.6 is 0 Å². The quantitative estimate of drug-likeness (QED) is 0.847. The SMILES string of the molecule is CCC(NC(=O)NC1CCCCC1)c1ccc(C)cc1C. The van der Waals surface area contributed by atoms with Gasteiger partial charge in [0.2, 0.25) is 0 Å². The van der Waals surface area contributed by atoms with Gasteiger partial charge in [0.25, 0.3) is 0 Å². The Labute approximate surface area is 128 Å². The predicted octanol–water partition coefficient (Wildman–Crippen LogP) is 4.39. The average Bonchev–Trinajstić information content (AvgIpc) is 2.46. The minimum Gasteiger partial charge on any atom is -0.335 e. The van der Waals surface area contributed by atoms with Gasteiger partial charge in [0.05, 0.1) is 6.04 Å². The maximum Gasteiger partial charge on any atom is 0.315 e. The monoisotopic (exact) mass is 288 g/mol. The van der Waals surface area contributed by atoms with Crippen LogP contribution in [0.3, 0.4) is 0 Å². The maximum atomic E-state index is 12.2. The minimum absolute atomic E-state index is 0.0197. The van der Waals surface area contributed by atoms with Crippen LogP contribution in [0.2, 0.25) is 0 Å². The van der Waals surface area contributed by atoms with Crippen molar-refractivity contribution >= 4 is 6.03 Å². The number of carbonyl (C=O) groups is 1. The Morgan fingerprint density at radius 3 is 2.57 bits per heavy atom. The van der Waals surface area contributed by atoms with Crippen LogP contribution in [0, 0.1) is 13.8 Å². The molecule has 3 nitrogen and oxygen atoms in total. The molecule has 0 aliphatic heterocycles. The molecule has 116 valence electrons. The van der Waals surface area contributed by atoms with Crippen LogP contribution in [-0.2, 0) is 0 Å². The van der Waals surface area contributed by atoms with Crippen LogP contribution in [0.15, 0.2) is 18.2 Å². The third kappa shape index (κ3) is 4.48. The molecule has 0 bridgehead atoms. The van der Waals surface area contributed by atoms with Crippen molar-refractivity contribution in [3.63, 3.8) is 0 Å². The topological polar surface area (TPSA) is 41.1 Å². The summed E-state index contributed by atoms with van der Waals surface area (Å²) in [5.41, 5.74) is 3.74. The van der Waals surface area contributed by atoms with E-state index < -0.39 is 0 Å². The zero-order valence-corrected chi connectivity index (χ0v) is 13.5. The smallest absolute Gasteiger partial charge is 0.315 e. The summed E-state index contributed by atoms with van der Waals surface area (Å²) < 4.78 is 0. The Balaban J connectivity index is 1.96. The second kappa shape index (κ2) is 7.48. The molecule has 1 aromatic rings. The lowest BCUT2D eigenvalue weighted by atomic mass is 9.95. The third-order valence-electron chi connectivity index (χ3n) is 4.45. The first-order valence-corrected chi connectivity index (χ1v) is 8.24. The average molecular weight is 288 g/mol. The second-order valence-electron chi connectivity index (χ2n) is 6.27. The van der Waals surface area contributed by atoms with Crippen LogP contribution < -0.4 is 10.6 Å². The van der Waals surface area contributed by atoms with E-state index in [2.05, 4.69) is 49.6 Å². The van der Waals surface area contributed by atoms with E-state index in [0.29, 0.717) is 6.04 Å². The van der Waals surface area contributed by atoms with E-state index >= 15 is 0 Å². The molecule has 2 rings (SSSR count). The summed E-state index contributed by atoms with van der Waals surface area (Å²) in [6.07, 6.45) is 6.92. The summed E-state index contributed by atoms with van der Waals surface area (Å²) in [7, 11) is 0. The highest BCUT2D eigenvalue weighted by Gasteiger charge is 2.19. The molecule has 0 saturated heterocycles. The molecule has 0 spiro atoms. The van der Waals surface area contributed by atoms with Gasteiger partial charge in [-0.1, -0.05) is 49.9 Å². The molecule has 1 aromatic carbocycles. The van der Waals surface area contributed by atoms with Crippen molar-refractivity contribution in [3.8, 4) is 0 Å². The van der Waals surface area contributed by atoms with Gasteiger partial charge in [-0.2, -0.15) is 0 Å². The summed E-state index contributed by atoms with van der Waals surface area (Å²) in [4.78, 5) is 12.2. The molecule has 1 atom stereocenters. The number of amides is 2. The van der Waals surface area contributed by atoms with Crippen molar-refractivity contribution in [2.24, 2.45) is 0 Å². The van der Waals surface area contributed by atoms with E-state index in [0.717, 1.165) is 19.3 Å². The Hall–Kier alpha value is -1.51. The third-order valence-corrected chi connectivity index (χ3v) is 4.45. The highest BCUT2D eigenvalue weighted by molar-refractivity contribution is 5.74. The number of benzene rings is 1. The van der Waals surface area contributed by atoms with Crippen LogP contribution in [0.4, 0.5) is 4.79 Å². The van der Waals surface area contributed by atoms with Crippen molar-refractivity contribution in [2.75, 3.05) is 0 Å². The van der Waals surface area contributed by atoms with Crippen molar-refractivity contribution in [3.05, 3.63) is 34.9 Å². The fourth-order valence-corrected chi connectivity index (χ4v) is 3.25. The summed E-state index contributed by atoms with van der Waals surface area (Å²) in [5, 5.41) is 6.27. The van der Waals surface area contributed by atoms with Crippen LogP contribution in [0.1, 0.15) is 68.2 Å². The van der Waals surface area contributed by atoms with Gasteiger partial charge < -0.3 is 10.6 Å². The van der Waals surface area contributed by atoms with E-state index in [9.17, 15) is 4.79 Å². The standard InChI is InChI=1S/C18H28N2O/c1-4-17(16-11-10-13(2)12-14(16)3)20-18(21)19-15-8-6-5-7-9-15/h10-12,15,17H,4-9H2,1-3H3,(H2,19,20,21). The van der Waals surface area contributed by atoms with Crippen molar-refractivity contribution in [1.29, 1.82) is 0 Å². The van der Waals surface area contributed by atoms with E-state index in [4.69, 9.17) is 0 Å². The first-order valence-electron chi connectivity index (χ1n) is 8.24. The van der Waals surface area contributed by atoms with Crippen LogP contribution in [0.25, 0.3) is 0 Å². The van der Waals surface area contributed by atoms with Gasteiger partial charge in [-0.15, -0.1) is 0 Å².